The Morgan fingerprint density at radius 1 is 0.800 bits per heavy atom. The molecule has 1 aromatic heterocycles. The average Bonchev–Trinajstić information content (AvgIpc) is 3.26. The summed E-state index contributed by atoms with van der Waals surface area (Å²) in [5.41, 5.74) is 1.71. The molecular formula is C20H16N2O2S. The Bertz CT molecular complexity index is 889. The second kappa shape index (κ2) is 6.61. The smallest absolute Gasteiger partial charge is 0.247 e. The third kappa shape index (κ3) is 3.10. The summed E-state index contributed by atoms with van der Waals surface area (Å²) in [6.07, 6.45) is 4.20. The number of nitrogens with zero attached hydrogens (tertiary/aromatic N) is 2. The maximum Gasteiger partial charge on any atom is 0.247 e. The van der Waals surface area contributed by atoms with E-state index in [4.69, 9.17) is 0 Å². The number of rotatable bonds is 4. The fourth-order valence-electron chi connectivity index (χ4n) is 2.91. The number of aromatic nitrogens is 1. The van der Waals surface area contributed by atoms with Crippen LogP contribution in [0.5, 0.6) is 0 Å². The molecule has 2 heterocycles. The third-order valence-corrected chi connectivity index (χ3v) is 5.33. The van der Waals surface area contributed by atoms with Crippen molar-refractivity contribution in [3.63, 3.8) is 0 Å². The summed E-state index contributed by atoms with van der Waals surface area (Å²) in [6.45, 7) is 0. The Labute approximate surface area is 150 Å². The molecule has 1 aliphatic rings. The zero-order chi connectivity index (χ0) is 17.2. The Morgan fingerprint density at radius 2 is 1.48 bits per heavy atom. The second-order valence-corrected chi connectivity index (χ2v) is 7.07. The van der Waals surface area contributed by atoms with Crippen LogP contribution in [0.25, 0.3) is 5.69 Å². The standard InChI is InChI=1S/C20H16N2O2S/c23-19-14-18(20(24)22(19)16-6-2-1-3-7-16)25-17-10-8-15(9-11-17)21-12-4-5-13-21/h1-13,18H,14H2. The Morgan fingerprint density at radius 3 is 2.16 bits per heavy atom. The van der Waals surface area contributed by atoms with Crippen molar-refractivity contribution in [2.75, 3.05) is 4.90 Å². The fraction of sp³-hybridized carbons (Fsp3) is 0.100. The van der Waals surface area contributed by atoms with Crippen molar-refractivity contribution < 1.29 is 9.59 Å². The van der Waals surface area contributed by atoms with Gasteiger partial charge >= 0.3 is 0 Å². The summed E-state index contributed by atoms with van der Waals surface area (Å²) in [5.74, 6) is -0.284. The topological polar surface area (TPSA) is 42.3 Å². The molecule has 1 fully saturated rings. The largest absolute Gasteiger partial charge is 0.324 e. The summed E-state index contributed by atoms with van der Waals surface area (Å²) in [7, 11) is 0. The molecule has 0 spiro atoms. The highest BCUT2D eigenvalue weighted by Crippen LogP contribution is 2.34. The van der Waals surface area contributed by atoms with Crippen LogP contribution in [0.1, 0.15) is 6.42 Å². The summed E-state index contributed by atoms with van der Waals surface area (Å²) in [4.78, 5) is 27.2. The van der Waals surface area contributed by atoms with E-state index in [0.29, 0.717) is 5.69 Å². The van der Waals surface area contributed by atoms with Crippen LogP contribution in [0.4, 0.5) is 5.69 Å². The maximum absolute atomic E-state index is 12.7. The van der Waals surface area contributed by atoms with Gasteiger partial charge < -0.3 is 4.57 Å². The zero-order valence-corrected chi connectivity index (χ0v) is 14.2. The van der Waals surface area contributed by atoms with Crippen LogP contribution in [0.15, 0.2) is 84.0 Å². The molecule has 4 rings (SSSR count). The molecule has 0 bridgehead atoms. The molecule has 0 saturated carbocycles. The van der Waals surface area contributed by atoms with Gasteiger partial charge in [-0.25, -0.2) is 4.90 Å². The molecule has 4 nitrogen and oxygen atoms in total. The number of imide groups is 1. The maximum atomic E-state index is 12.7. The number of anilines is 1. The van der Waals surface area contributed by atoms with E-state index in [-0.39, 0.29) is 23.5 Å². The van der Waals surface area contributed by atoms with Crippen molar-refractivity contribution in [3.05, 3.63) is 79.1 Å². The third-order valence-electron chi connectivity index (χ3n) is 4.14. The normalized spacial score (nSPS) is 17.3. The van der Waals surface area contributed by atoms with Crippen LogP contribution in [-0.4, -0.2) is 21.6 Å². The van der Waals surface area contributed by atoms with E-state index >= 15 is 0 Å². The van der Waals surface area contributed by atoms with Gasteiger partial charge in [0.25, 0.3) is 0 Å². The fourth-order valence-corrected chi connectivity index (χ4v) is 3.97. The van der Waals surface area contributed by atoms with E-state index in [1.54, 1.807) is 12.1 Å². The number of hydrogen-bond donors (Lipinski definition) is 0. The van der Waals surface area contributed by atoms with Gasteiger partial charge in [-0.1, -0.05) is 18.2 Å². The van der Waals surface area contributed by atoms with E-state index in [2.05, 4.69) is 0 Å². The SMILES string of the molecule is O=C1CC(Sc2ccc(-n3cccc3)cc2)C(=O)N1c1ccccc1. The lowest BCUT2D eigenvalue weighted by atomic mass is 10.3. The van der Waals surface area contributed by atoms with E-state index in [0.717, 1.165) is 10.6 Å². The quantitative estimate of drug-likeness (QED) is 0.672. The molecule has 5 heteroatoms. The molecule has 1 unspecified atom stereocenters. The van der Waals surface area contributed by atoms with Crippen LogP contribution in [0.2, 0.25) is 0 Å². The minimum atomic E-state index is -0.370. The van der Waals surface area contributed by atoms with Gasteiger partial charge in [0, 0.05) is 29.4 Å². The van der Waals surface area contributed by atoms with Crippen LogP contribution in [-0.2, 0) is 9.59 Å². The number of hydrogen-bond acceptors (Lipinski definition) is 3. The Kier molecular flexibility index (Phi) is 4.15. The monoisotopic (exact) mass is 348 g/mol. The molecule has 0 radical (unpaired) electrons. The van der Waals surface area contributed by atoms with Gasteiger partial charge in [-0.05, 0) is 48.5 Å². The summed E-state index contributed by atoms with van der Waals surface area (Å²) >= 11 is 1.45. The van der Waals surface area contributed by atoms with Crippen LogP contribution in [0, 0.1) is 0 Å². The van der Waals surface area contributed by atoms with Crippen molar-refractivity contribution in [3.8, 4) is 5.69 Å². The first-order valence-electron chi connectivity index (χ1n) is 8.04. The molecule has 2 amide bonds. The molecule has 3 aromatic rings. The molecule has 25 heavy (non-hydrogen) atoms. The number of carbonyl (C=O) groups excluding carboxylic acids is 2. The highest BCUT2D eigenvalue weighted by atomic mass is 32.2. The van der Waals surface area contributed by atoms with Gasteiger partial charge in [-0.2, -0.15) is 0 Å². The molecule has 124 valence electrons. The van der Waals surface area contributed by atoms with Crippen molar-refractivity contribution in [2.45, 2.75) is 16.6 Å². The molecule has 1 atom stereocenters. The van der Waals surface area contributed by atoms with Crippen molar-refractivity contribution in [2.24, 2.45) is 0 Å². The predicted octanol–water partition coefficient (Wildman–Crippen LogP) is 3.90. The minimum Gasteiger partial charge on any atom is -0.324 e. The number of carbonyl (C=O) groups is 2. The van der Waals surface area contributed by atoms with Crippen molar-refractivity contribution in [1.29, 1.82) is 0 Å². The zero-order valence-electron chi connectivity index (χ0n) is 13.4. The van der Waals surface area contributed by atoms with Crippen molar-refractivity contribution in [1.82, 2.24) is 4.57 Å². The Balaban J connectivity index is 1.50. The summed E-state index contributed by atoms with van der Waals surface area (Å²) in [5, 5.41) is -0.370. The van der Waals surface area contributed by atoms with Gasteiger partial charge in [-0.15, -0.1) is 11.8 Å². The number of amides is 2. The number of benzene rings is 2. The average molecular weight is 348 g/mol. The molecule has 1 saturated heterocycles. The van der Waals surface area contributed by atoms with Gasteiger partial charge in [0.05, 0.1) is 10.9 Å². The van der Waals surface area contributed by atoms with E-state index in [1.165, 1.54) is 16.7 Å². The second-order valence-electron chi connectivity index (χ2n) is 5.80. The van der Waals surface area contributed by atoms with E-state index in [1.807, 2.05) is 71.6 Å². The summed E-state index contributed by atoms with van der Waals surface area (Å²) < 4.78 is 2.02. The number of thioether (sulfide) groups is 1. The molecular weight excluding hydrogens is 332 g/mol. The van der Waals surface area contributed by atoms with E-state index in [9.17, 15) is 9.59 Å². The predicted molar refractivity (Wildman–Crippen MR) is 99.0 cm³/mol. The number of para-hydroxylation sites is 1. The Hall–Kier alpha value is -2.79. The lowest BCUT2D eigenvalue weighted by Gasteiger charge is -2.14. The first-order chi connectivity index (χ1) is 12.2. The molecule has 1 aliphatic heterocycles. The van der Waals surface area contributed by atoms with Crippen LogP contribution < -0.4 is 4.90 Å². The lowest BCUT2D eigenvalue weighted by molar-refractivity contribution is -0.121. The van der Waals surface area contributed by atoms with Crippen LogP contribution >= 0.6 is 11.8 Å². The van der Waals surface area contributed by atoms with Gasteiger partial charge in [-0.3, -0.25) is 9.59 Å². The van der Waals surface area contributed by atoms with Gasteiger partial charge in [0.2, 0.25) is 11.8 Å². The highest BCUT2D eigenvalue weighted by Gasteiger charge is 2.39. The van der Waals surface area contributed by atoms with Crippen LogP contribution in [0.3, 0.4) is 0 Å². The first-order valence-corrected chi connectivity index (χ1v) is 8.92. The van der Waals surface area contributed by atoms with E-state index < -0.39 is 0 Å². The highest BCUT2D eigenvalue weighted by molar-refractivity contribution is 8.00. The summed E-state index contributed by atoms with van der Waals surface area (Å²) in [6, 6.07) is 21.1. The minimum absolute atomic E-state index is 0.141. The molecule has 2 aromatic carbocycles. The van der Waals surface area contributed by atoms with Crippen molar-refractivity contribution >= 4 is 29.3 Å². The van der Waals surface area contributed by atoms with Gasteiger partial charge in [0.1, 0.15) is 0 Å². The van der Waals surface area contributed by atoms with Gasteiger partial charge in [0.15, 0.2) is 0 Å². The lowest BCUT2D eigenvalue weighted by Crippen LogP contribution is -2.30. The molecule has 0 N–H and O–H groups in total. The molecule has 0 aliphatic carbocycles. The first kappa shape index (κ1) is 15.7.